The van der Waals surface area contributed by atoms with Gasteiger partial charge in [-0.2, -0.15) is 0 Å². The van der Waals surface area contributed by atoms with Gasteiger partial charge in [-0.1, -0.05) is 5.92 Å². The molecule has 0 saturated carbocycles. The highest BCUT2D eigenvalue weighted by Gasteiger charge is 2.11. The number of hydrogen-bond donors (Lipinski definition) is 3. The lowest BCUT2D eigenvalue weighted by Crippen LogP contribution is -2.37. The summed E-state index contributed by atoms with van der Waals surface area (Å²) in [6, 6.07) is 6.71. The van der Waals surface area contributed by atoms with E-state index in [0.717, 1.165) is 5.69 Å². The number of carbonyl (C=O) groups is 2. The molecule has 0 heterocycles. The van der Waals surface area contributed by atoms with Gasteiger partial charge >= 0.3 is 0 Å². The topological polar surface area (TPSA) is 70.2 Å². The molecule has 0 aromatic heterocycles. The van der Waals surface area contributed by atoms with Crippen molar-refractivity contribution in [3.63, 3.8) is 0 Å². The summed E-state index contributed by atoms with van der Waals surface area (Å²) >= 11 is 0. The molecule has 1 aromatic rings. The van der Waals surface area contributed by atoms with Gasteiger partial charge in [-0.05, 0) is 31.2 Å². The molecule has 1 atom stereocenters. The first-order chi connectivity index (χ1) is 9.02. The summed E-state index contributed by atoms with van der Waals surface area (Å²) in [6.45, 7) is 3.41. The molecule has 0 aliphatic heterocycles. The third kappa shape index (κ3) is 5.13. The Labute approximate surface area is 112 Å². The van der Waals surface area contributed by atoms with Crippen LogP contribution in [-0.4, -0.2) is 24.4 Å². The van der Waals surface area contributed by atoms with Gasteiger partial charge < -0.3 is 16.0 Å². The van der Waals surface area contributed by atoms with E-state index in [1.807, 2.05) is 0 Å². The van der Waals surface area contributed by atoms with Crippen LogP contribution in [0.15, 0.2) is 24.3 Å². The van der Waals surface area contributed by atoms with Gasteiger partial charge in [-0.3, -0.25) is 9.59 Å². The minimum atomic E-state index is -0.389. The Kier molecular flexibility index (Phi) is 5.42. The Balaban J connectivity index is 2.55. The SMILES string of the molecule is C#CCNC(=O)C(C)Nc1ccc(NC(C)=O)cc1. The molecule has 5 heteroatoms. The Morgan fingerprint density at radius 2 is 1.84 bits per heavy atom. The predicted molar refractivity (Wildman–Crippen MR) is 75.7 cm³/mol. The first kappa shape index (κ1) is 14.6. The average Bonchev–Trinajstić information content (AvgIpc) is 2.37. The van der Waals surface area contributed by atoms with Gasteiger partial charge in [0.15, 0.2) is 0 Å². The van der Waals surface area contributed by atoms with E-state index in [1.165, 1.54) is 6.92 Å². The van der Waals surface area contributed by atoms with Gasteiger partial charge in [0.25, 0.3) is 0 Å². The maximum atomic E-state index is 11.6. The molecule has 2 amide bonds. The van der Waals surface area contributed by atoms with Gasteiger partial charge in [0.05, 0.1) is 6.54 Å². The molecule has 19 heavy (non-hydrogen) atoms. The monoisotopic (exact) mass is 259 g/mol. The van der Waals surface area contributed by atoms with Gasteiger partial charge in [0.1, 0.15) is 6.04 Å². The third-order valence-electron chi connectivity index (χ3n) is 2.35. The molecule has 0 saturated heterocycles. The number of hydrogen-bond acceptors (Lipinski definition) is 3. The number of rotatable bonds is 5. The van der Waals surface area contributed by atoms with Crippen molar-refractivity contribution in [1.29, 1.82) is 0 Å². The van der Waals surface area contributed by atoms with Gasteiger partial charge in [0, 0.05) is 18.3 Å². The third-order valence-corrected chi connectivity index (χ3v) is 2.35. The highest BCUT2D eigenvalue weighted by molar-refractivity contribution is 5.89. The summed E-state index contributed by atoms with van der Waals surface area (Å²) in [5.74, 6) is 2.06. The Bertz CT molecular complexity index is 488. The fraction of sp³-hybridized carbons (Fsp3) is 0.286. The van der Waals surface area contributed by atoms with Crippen LogP contribution in [0.1, 0.15) is 13.8 Å². The molecule has 0 aliphatic carbocycles. The summed E-state index contributed by atoms with van der Waals surface area (Å²) in [5.41, 5.74) is 1.50. The lowest BCUT2D eigenvalue weighted by atomic mass is 10.2. The molecular formula is C14H17N3O2. The van der Waals surface area contributed by atoms with Crippen LogP contribution in [0.25, 0.3) is 0 Å². The Hall–Kier alpha value is -2.48. The minimum Gasteiger partial charge on any atom is -0.374 e. The number of carbonyl (C=O) groups excluding carboxylic acids is 2. The molecule has 1 aromatic carbocycles. The van der Waals surface area contributed by atoms with Crippen molar-refractivity contribution < 1.29 is 9.59 Å². The number of nitrogens with one attached hydrogen (secondary N) is 3. The van der Waals surface area contributed by atoms with E-state index < -0.39 is 0 Å². The van der Waals surface area contributed by atoms with Crippen molar-refractivity contribution in [1.82, 2.24) is 5.32 Å². The second-order valence-corrected chi connectivity index (χ2v) is 4.05. The van der Waals surface area contributed by atoms with E-state index >= 15 is 0 Å². The molecule has 0 bridgehead atoms. The second-order valence-electron chi connectivity index (χ2n) is 4.05. The fourth-order valence-electron chi connectivity index (χ4n) is 1.46. The van der Waals surface area contributed by atoms with Crippen LogP contribution in [0.2, 0.25) is 0 Å². The van der Waals surface area contributed by atoms with Gasteiger partial charge in [-0.15, -0.1) is 6.42 Å². The molecule has 1 unspecified atom stereocenters. The summed E-state index contributed by atoms with van der Waals surface area (Å²) in [6.07, 6.45) is 5.07. The molecule has 0 fully saturated rings. The van der Waals surface area contributed by atoms with Crippen molar-refractivity contribution in [2.45, 2.75) is 19.9 Å². The molecule has 0 spiro atoms. The maximum Gasteiger partial charge on any atom is 0.242 e. The number of amides is 2. The Morgan fingerprint density at radius 3 is 2.37 bits per heavy atom. The van der Waals surface area contributed by atoms with Crippen LogP contribution in [0.5, 0.6) is 0 Å². The smallest absolute Gasteiger partial charge is 0.242 e. The second kappa shape index (κ2) is 7.07. The van der Waals surface area contributed by atoms with Crippen LogP contribution in [0.4, 0.5) is 11.4 Å². The van der Waals surface area contributed by atoms with Crippen LogP contribution < -0.4 is 16.0 Å². The van der Waals surface area contributed by atoms with Crippen molar-refractivity contribution in [2.24, 2.45) is 0 Å². The van der Waals surface area contributed by atoms with Crippen LogP contribution >= 0.6 is 0 Å². The van der Waals surface area contributed by atoms with Crippen molar-refractivity contribution in [2.75, 3.05) is 17.2 Å². The van der Waals surface area contributed by atoms with Crippen molar-refractivity contribution in [3.05, 3.63) is 24.3 Å². The first-order valence-corrected chi connectivity index (χ1v) is 5.88. The minimum absolute atomic E-state index is 0.122. The van der Waals surface area contributed by atoms with E-state index in [2.05, 4.69) is 21.9 Å². The van der Waals surface area contributed by atoms with E-state index in [-0.39, 0.29) is 24.4 Å². The normalized spacial score (nSPS) is 11.0. The molecule has 1 rings (SSSR count). The fourth-order valence-corrected chi connectivity index (χ4v) is 1.46. The van der Waals surface area contributed by atoms with Gasteiger partial charge in [-0.25, -0.2) is 0 Å². The highest BCUT2D eigenvalue weighted by atomic mass is 16.2. The van der Waals surface area contributed by atoms with Crippen LogP contribution in [0.3, 0.4) is 0 Å². The summed E-state index contributed by atoms with van der Waals surface area (Å²) in [5, 5.41) is 8.30. The van der Waals surface area contributed by atoms with Crippen LogP contribution in [0, 0.1) is 12.3 Å². The molecule has 0 radical (unpaired) electrons. The first-order valence-electron chi connectivity index (χ1n) is 5.88. The van der Waals surface area contributed by atoms with Crippen molar-refractivity contribution >= 4 is 23.2 Å². The average molecular weight is 259 g/mol. The van der Waals surface area contributed by atoms with E-state index in [4.69, 9.17) is 6.42 Å². The number of anilines is 2. The lowest BCUT2D eigenvalue weighted by Gasteiger charge is -2.14. The van der Waals surface area contributed by atoms with E-state index in [9.17, 15) is 9.59 Å². The maximum absolute atomic E-state index is 11.6. The molecular weight excluding hydrogens is 242 g/mol. The molecule has 100 valence electrons. The van der Waals surface area contributed by atoms with Crippen molar-refractivity contribution in [3.8, 4) is 12.3 Å². The predicted octanol–water partition coefficient (Wildman–Crippen LogP) is 1.19. The van der Waals surface area contributed by atoms with Gasteiger partial charge in [0.2, 0.25) is 11.8 Å². The highest BCUT2D eigenvalue weighted by Crippen LogP contribution is 2.14. The zero-order valence-corrected chi connectivity index (χ0v) is 11.0. The largest absolute Gasteiger partial charge is 0.374 e. The van der Waals surface area contributed by atoms with Crippen LogP contribution in [-0.2, 0) is 9.59 Å². The quantitative estimate of drug-likeness (QED) is 0.696. The zero-order chi connectivity index (χ0) is 14.3. The molecule has 0 aliphatic rings. The molecule has 5 nitrogen and oxygen atoms in total. The zero-order valence-electron chi connectivity index (χ0n) is 11.0. The lowest BCUT2D eigenvalue weighted by molar-refractivity contribution is -0.121. The summed E-state index contributed by atoms with van der Waals surface area (Å²) in [7, 11) is 0. The Morgan fingerprint density at radius 1 is 1.26 bits per heavy atom. The summed E-state index contributed by atoms with van der Waals surface area (Å²) in [4.78, 5) is 22.5. The summed E-state index contributed by atoms with van der Waals surface area (Å²) < 4.78 is 0. The van der Waals surface area contributed by atoms with E-state index in [0.29, 0.717) is 5.69 Å². The molecule has 3 N–H and O–H groups in total. The standard InChI is InChI=1S/C14H17N3O2/c1-4-9-15-14(19)10(2)16-12-5-7-13(8-6-12)17-11(3)18/h1,5-8,10,16H,9H2,2-3H3,(H,15,19)(H,17,18). The number of terminal acetylenes is 1. The number of benzene rings is 1. The van der Waals surface area contributed by atoms with E-state index in [1.54, 1.807) is 31.2 Å².